The van der Waals surface area contributed by atoms with Crippen molar-refractivity contribution in [2.45, 2.75) is 65.7 Å². The van der Waals surface area contributed by atoms with Crippen LogP contribution in [0.1, 0.15) is 44.4 Å². The van der Waals surface area contributed by atoms with Crippen LogP contribution in [-0.4, -0.2) is 24.8 Å². The molecule has 1 aromatic rings. The maximum Gasteiger partial charge on any atom is 0.0597 e. The predicted molar refractivity (Wildman–Crippen MR) is 87.5 cm³/mol. The number of aryl methyl sites for hydroxylation is 1. The third-order valence-electron chi connectivity index (χ3n) is 4.74. The highest BCUT2D eigenvalue weighted by atomic mass is 32.1. The van der Waals surface area contributed by atoms with Gasteiger partial charge in [0.05, 0.1) is 12.2 Å². The van der Waals surface area contributed by atoms with Crippen LogP contribution >= 0.6 is 11.3 Å². The molecule has 0 aliphatic carbocycles. The van der Waals surface area contributed by atoms with E-state index in [1.165, 1.54) is 9.75 Å². The van der Waals surface area contributed by atoms with Crippen LogP contribution in [0, 0.1) is 11.8 Å². The standard InChI is InChI=1S/C17H29NOS/c1-6-14-8-9-15(20-14)10-16(18-7-2)17-11(3)12(4)19-13(17)5/h8-9,11-13,16-18H,6-7,10H2,1-5H3. The van der Waals surface area contributed by atoms with Gasteiger partial charge in [-0.3, -0.25) is 0 Å². The van der Waals surface area contributed by atoms with Crippen molar-refractivity contribution in [2.24, 2.45) is 11.8 Å². The van der Waals surface area contributed by atoms with Crippen molar-refractivity contribution >= 4 is 11.3 Å². The molecule has 114 valence electrons. The van der Waals surface area contributed by atoms with Crippen molar-refractivity contribution in [1.82, 2.24) is 5.32 Å². The zero-order valence-corrected chi connectivity index (χ0v) is 14.3. The van der Waals surface area contributed by atoms with Crippen molar-refractivity contribution in [3.8, 4) is 0 Å². The van der Waals surface area contributed by atoms with E-state index in [1.807, 2.05) is 11.3 Å². The molecule has 2 rings (SSSR count). The number of thiophene rings is 1. The zero-order valence-electron chi connectivity index (χ0n) is 13.5. The van der Waals surface area contributed by atoms with Gasteiger partial charge in [-0.05, 0) is 51.3 Å². The van der Waals surface area contributed by atoms with Crippen LogP contribution in [0.5, 0.6) is 0 Å². The van der Waals surface area contributed by atoms with Gasteiger partial charge in [0.25, 0.3) is 0 Å². The van der Waals surface area contributed by atoms with E-state index in [0.717, 1.165) is 19.4 Å². The second kappa shape index (κ2) is 7.06. The maximum atomic E-state index is 6.04. The fraction of sp³-hybridized carbons (Fsp3) is 0.765. The fourth-order valence-corrected chi connectivity index (χ4v) is 4.55. The number of likely N-dealkylation sites (N-methyl/N-ethyl adjacent to an activating group) is 1. The van der Waals surface area contributed by atoms with Crippen LogP contribution in [0.3, 0.4) is 0 Å². The topological polar surface area (TPSA) is 21.3 Å². The van der Waals surface area contributed by atoms with E-state index in [2.05, 4.69) is 52.1 Å². The summed E-state index contributed by atoms with van der Waals surface area (Å²) in [6.45, 7) is 12.3. The Hall–Kier alpha value is -0.380. The molecule has 2 heterocycles. The summed E-state index contributed by atoms with van der Waals surface area (Å²) in [6.07, 6.45) is 3.02. The Labute approximate surface area is 127 Å². The molecule has 20 heavy (non-hydrogen) atoms. The third kappa shape index (κ3) is 3.44. The highest BCUT2D eigenvalue weighted by Crippen LogP contribution is 2.36. The third-order valence-corrected chi connectivity index (χ3v) is 5.99. The average Bonchev–Trinajstić information content (AvgIpc) is 2.95. The Morgan fingerprint density at radius 3 is 2.35 bits per heavy atom. The molecule has 3 heteroatoms. The molecule has 0 amide bonds. The van der Waals surface area contributed by atoms with Gasteiger partial charge in [-0.1, -0.05) is 20.8 Å². The van der Waals surface area contributed by atoms with Crippen molar-refractivity contribution < 1.29 is 4.74 Å². The van der Waals surface area contributed by atoms with Gasteiger partial charge < -0.3 is 10.1 Å². The summed E-state index contributed by atoms with van der Waals surface area (Å²) in [5.41, 5.74) is 0. The maximum absolute atomic E-state index is 6.04. The molecule has 1 aromatic heterocycles. The highest BCUT2D eigenvalue weighted by molar-refractivity contribution is 7.11. The fourth-order valence-electron chi connectivity index (χ4n) is 3.53. The number of ether oxygens (including phenoxy) is 1. The predicted octanol–water partition coefficient (Wildman–Crippen LogP) is 3.89. The Kier molecular flexibility index (Phi) is 5.65. The molecule has 1 aliphatic rings. The number of hydrogen-bond acceptors (Lipinski definition) is 3. The van der Waals surface area contributed by atoms with E-state index < -0.39 is 0 Å². The molecule has 1 aliphatic heterocycles. The monoisotopic (exact) mass is 295 g/mol. The molecular weight excluding hydrogens is 266 g/mol. The minimum Gasteiger partial charge on any atom is -0.375 e. The summed E-state index contributed by atoms with van der Waals surface area (Å²) in [5.74, 6) is 1.23. The lowest BCUT2D eigenvalue weighted by molar-refractivity contribution is 0.0477. The van der Waals surface area contributed by atoms with E-state index in [4.69, 9.17) is 4.74 Å². The molecule has 1 saturated heterocycles. The second-order valence-electron chi connectivity index (χ2n) is 6.07. The molecule has 1 fully saturated rings. The molecule has 5 atom stereocenters. The number of nitrogens with one attached hydrogen (secondary N) is 1. The van der Waals surface area contributed by atoms with Crippen LogP contribution in [0.15, 0.2) is 12.1 Å². The summed E-state index contributed by atoms with van der Waals surface area (Å²) in [7, 11) is 0. The molecular formula is C17H29NOS. The van der Waals surface area contributed by atoms with Crippen LogP contribution < -0.4 is 5.32 Å². The van der Waals surface area contributed by atoms with Gasteiger partial charge in [-0.2, -0.15) is 0 Å². The van der Waals surface area contributed by atoms with Gasteiger partial charge in [0.2, 0.25) is 0 Å². The Morgan fingerprint density at radius 1 is 1.15 bits per heavy atom. The first-order chi connectivity index (χ1) is 9.56. The number of hydrogen-bond donors (Lipinski definition) is 1. The molecule has 0 spiro atoms. The first kappa shape index (κ1) is 16.0. The first-order valence-electron chi connectivity index (χ1n) is 8.03. The lowest BCUT2D eigenvalue weighted by atomic mass is 9.82. The minimum absolute atomic E-state index is 0.356. The molecule has 2 nitrogen and oxygen atoms in total. The van der Waals surface area contributed by atoms with Crippen molar-refractivity contribution in [3.05, 3.63) is 21.9 Å². The minimum atomic E-state index is 0.356. The van der Waals surface area contributed by atoms with E-state index >= 15 is 0 Å². The van der Waals surface area contributed by atoms with Gasteiger partial charge in [-0.25, -0.2) is 0 Å². The lowest BCUT2D eigenvalue weighted by Crippen LogP contribution is -2.43. The normalized spacial score (nSPS) is 31.6. The zero-order chi connectivity index (χ0) is 14.7. The van der Waals surface area contributed by atoms with Gasteiger partial charge in [0, 0.05) is 21.7 Å². The Bertz CT molecular complexity index is 417. The molecule has 0 aromatic carbocycles. The van der Waals surface area contributed by atoms with Gasteiger partial charge >= 0.3 is 0 Å². The summed E-state index contributed by atoms with van der Waals surface area (Å²) in [4.78, 5) is 3.00. The van der Waals surface area contributed by atoms with Crippen molar-refractivity contribution in [2.75, 3.05) is 6.54 Å². The van der Waals surface area contributed by atoms with Crippen LogP contribution in [0.4, 0.5) is 0 Å². The van der Waals surface area contributed by atoms with Crippen molar-refractivity contribution in [3.63, 3.8) is 0 Å². The smallest absolute Gasteiger partial charge is 0.0597 e. The van der Waals surface area contributed by atoms with E-state index in [-0.39, 0.29) is 0 Å². The van der Waals surface area contributed by atoms with Crippen LogP contribution in [-0.2, 0) is 17.6 Å². The largest absolute Gasteiger partial charge is 0.375 e. The van der Waals surface area contributed by atoms with Gasteiger partial charge in [0.15, 0.2) is 0 Å². The SMILES string of the molecule is CCNC(Cc1ccc(CC)s1)C1C(C)OC(C)C1C. The molecule has 0 bridgehead atoms. The van der Waals surface area contributed by atoms with Gasteiger partial charge in [0.1, 0.15) is 0 Å². The Morgan fingerprint density at radius 2 is 1.85 bits per heavy atom. The van der Waals surface area contributed by atoms with E-state index in [1.54, 1.807) is 0 Å². The summed E-state index contributed by atoms with van der Waals surface area (Å²) < 4.78 is 6.04. The number of rotatable bonds is 6. The summed E-state index contributed by atoms with van der Waals surface area (Å²) >= 11 is 1.97. The summed E-state index contributed by atoms with van der Waals surface area (Å²) in [5, 5.41) is 3.71. The van der Waals surface area contributed by atoms with Crippen LogP contribution in [0.25, 0.3) is 0 Å². The summed E-state index contributed by atoms with van der Waals surface area (Å²) in [6, 6.07) is 5.12. The molecule has 5 unspecified atom stereocenters. The lowest BCUT2D eigenvalue weighted by Gasteiger charge is -2.29. The molecule has 0 radical (unpaired) electrons. The average molecular weight is 295 g/mol. The van der Waals surface area contributed by atoms with E-state index in [0.29, 0.717) is 30.1 Å². The Balaban J connectivity index is 2.10. The molecule has 0 saturated carbocycles. The van der Waals surface area contributed by atoms with E-state index in [9.17, 15) is 0 Å². The van der Waals surface area contributed by atoms with Crippen molar-refractivity contribution in [1.29, 1.82) is 0 Å². The van der Waals surface area contributed by atoms with Crippen LogP contribution in [0.2, 0.25) is 0 Å². The molecule has 1 N–H and O–H groups in total. The quantitative estimate of drug-likeness (QED) is 0.859. The first-order valence-corrected chi connectivity index (χ1v) is 8.84. The highest BCUT2D eigenvalue weighted by Gasteiger charge is 2.41. The van der Waals surface area contributed by atoms with Gasteiger partial charge in [-0.15, -0.1) is 11.3 Å². The second-order valence-corrected chi connectivity index (χ2v) is 7.33.